The van der Waals surface area contributed by atoms with E-state index in [9.17, 15) is 25.5 Å². The van der Waals surface area contributed by atoms with Crippen LogP contribution in [0.4, 0.5) is 0 Å². The molecule has 8 nitrogen and oxygen atoms in total. The van der Waals surface area contributed by atoms with E-state index in [1.54, 1.807) is 12.2 Å². The summed E-state index contributed by atoms with van der Waals surface area (Å²) in [6, 6.07) is 0. The Bertz CT molecular complexity index is 490. The molecule has 0 aromatic heterocycles. The number of hydrogen-bond acceptors (Lipinski definition) is 8. The molecule has 2 heterocycles. The average molecular weight is 330 g/mol. The minimum Gasteiger partial charge on any atom is -0.472 e. The predicted molar refractivity (Wildman–Crippen MR) is 75.6 cm³/mol. The molecule has 0 amide bonds. The molecule has 8 heteroatoms. The Labute approximate surface area is 133 Å². The van der Waals surface area contributed by atoms with Gasteiger partial charge in [-0.15, -0.1) is 0 Å². The van der Waals surface area contributed by atoms with Crippen LogP contribution in [0.3, 0.4) is 0 Å². The third-order valence-electron chi connectivity index (χ3n) is 4.66. The first kappa shape index (κ1) is 16.8. The second-order valence-corrected chi connectivity index (χ2v) is 6.18. The van der Waals surface area contributed by atoms with E-state index in [0.717, 1.165) is 5.57 Å². The second-order valence-electron chi connectivity index (χ2n) is 6.18. The molecule has 0 aromatic carbocycles. The number of fused-ring (bicyclic) bond motifs is 1. The Kier molecular flexibility index (Phi) is 4.75. The van der Waals surface area contributed by atoms with Crippen molar-refractivity contribution < 1.29 is 39.7 Å². The molecule has 9 atom stereocenters. The van der Waals surface area contributed by atoms with Crippen LogP contribution in [-0.4, -0.2) is 75.2 Å². The fourth-order valence-corrected chi connectivity index (χ4v) is 3.32. The lowest BCUT2D eigenvalue weighted by molar-refractivity contribution is -0.339. The zero-order chi connectivity index (χ0) is 16.7. The van der Waals surface area contributed by atoms with Gasteiger partial charge in [-0.25, -0.2) is 0 Å². The molecular formula is C15H22O8. The summed E-state index contributed by atoms with van der Waals surface area (Å²) < 4.78 is 16.4. The first-order valence-electron chi connectivity index (χ1n) is 7.58. The standard InChI is InChI=1S/C15H22O8/c1-6-5-21-14(7-2-3-8(17)10(6)7)23-15-13(20)12(19)11(18)9(4-16)22-15/h2-3,5,7-20H,4H2,1H3/t7-,8-,9+,10+,11-,12+,13-,14+,15-/m0/s1. The lowest BCUT2D eigenvalue weighted by Gasteiger charge is -2.42. The maximum absolute atomic E-state index is 10.0. The van der Waals surface area contributed by atoms with Gasteiger partial charge in [0, 0.05) is 11.8 Å². The third kappa shape index (κ3) is 2.91. The number of rotatable bonds is 3. The zero-order valence-corrected chi connectivity index (χ0v) is 12.6. The summed E-state index contributed by atoms with van der Waals surface area (Å²) >= 11 is 0. The van der Waals surface area contributed by atoms with Gasteiger partial charge in [-0.05, 0) is 12.5 Å². The highest BCUT2D eigenvalue weighted by atomic mass is 16.8. The van der Waals surface area contributed by atoms with Gasteiger partial charge >= 0.3 is 0 Å². The molecule has 3 aliphatic rings. The highest BCUT2D eigenvalue weighted by Crippen LogP contribution is 2.40. The molecule has 1 aliphatic carbocycles. The van der Waals surface area contributed by atoms with Gasteiger partial charge < -0.3 is 39.7 Å². The van der Waals surface area contributed by atoms with Crippen LogP contribution in [0.2, 0.25) is 0 Å². The summed E-state index contributed by atoms with van der Waals surface area (Å²) in [6.45, 7) is 1.32. The van der Waals surface area contributed by atoms with Crippen molar-refractivity contribution in [1.29, 1.82) is 0 Å². The SMILES string of the molecule is CC1=CO[C@H](O[C@@H]2O[C@H](CO)[C@H](O)[C@@H](O)[C@@H]2O)[C@H]2C=C[C@H](O)[C@H]12. The van der Waals surface area contributed by atoms with Crippen LogP contribution in [0.15, 0.2) is 24.0 Å². The largest absolute Gasteiger partial charge is 0.472 e. The monoisotopic (exact) mass is 330 g/mol. The summed E-state index contributed by atoms with van der Waals surface area (Å²) in [5.41, 5.74) is 0.876. The third-order valence-corrected chi connectivity index (χ3v) is 4.66. The molecule has 0 bridgehead atoms. The molecule has 0 radical (unpaired) electrons. The van der Waals surface area contributed by atoms with Crippen molar-refractivity contribution in [2.24, 2.45) is 11.8 Å². The molecule has 0 aromatic rings. The predicted octanol–water partition coefficient (Wildman–Crippen LogP) is -1.77. The highest BCUT2D eigenvalue weighted by Gasteiger charge is 2.48. The first-order chi connectivity index (χ1) is 10.9. The summed E-state index contributed by atoms with van der Waals surface area (Å²) in [5, 5.41) is 48.8. The van der Waals surface area contributed by atoms with Crippen molar-refractivity contribution in [3.63, 3.8) is 0 Å². The van der Waals surface area contributed by atoms with Crippen LogP contribution >= 0.6 is 0 Å². The van der Waals surface area contributed by atoms with Gasteiger partial charge in [-0.2, -0.15) is 0 Å². The van der Waals surface area contributed by atoms with Crippen molar-refractivity contribution in [3.05, 3.63) is 24.0 Å². The quantitative estimate of drug-likeness (QED) is 0.384. The van der Waals surface area contributed by atoms with E-state index >= 15 is 0 Å². The molecule has 2 aliphatic heterocycles. The van der Waals surface area contributed by atoms with Gasteiger partial charge in [-0.3, -0.25) is 0 Å². The fraction of sp³-hybridized carbons (Fsp3) is 0.733. The summed E-state index contributed by atoms with van der Waals surface area (Å²) in [6.07, 6.45) is -3.28. The van der Waals surface area contributed by atoms with E-state index in [1.165, 1.54) is 6.26 Å². The maximum atomic E-state index is 10.0. The number of ether oxygens (including phenoxy) is 3. The van der Waals surface area contributed by atoms with Crippen LogP contribution in [0.1, 0.15) is 6.92 Å². The Morgan fingerprint density at radius 1 is 1.04 bits per heavy atom. The molecule has 5 N–H and O–H groups in total. The molecule has 1 fully saturated rings. The molecule has 23 heavy (non-hydrogen) atoms. The van der Waals surface area contributed by atoms with Crippen LogP contribution in [-0.2, 0) is 14.2 Å². The fourth-order valence-electron chi connectivity index (χ4n) is 3.32. The van der Waals surface area contributed by atoms with Gasteiger partial charge in [-0.1, -0.05) is 12.2 Å². The maximum Gasteiger partial charge on any atom is 0.208 e. The lowest BCUT2D eigenvalue weighted by atomic mass is 9.86. The van der Waals surface area contributed by atoms with E-state index in [-0.39, 0.29) is 11.8 Å². The van der Waals surface area contributed by atoms with Crippen LogP contribution < -0.4 is 0 Å². The van der Waals surface area contributed by atoms with Crippen molar-refractivity contribution >= 4 is 0 Å². The van der Waals surface area contributed by atoms with Crippen molar-refractivity contribution in [2.75, 3.05) is 6.61 Å². The number of aliphatic hydroxyl groups is 5. The van der Waals surface area contributed by atoms with E-state index in [2.05, 4.69) is 0 Å². The molecule has 0 spiro atoms. The molecule has 0 unspecified atom stereocenters. The van der Waals surface area contributed by atoms with Gasteiger partial charge in [0.1, 0.15) is 24.4 Å². The van der Waals surface area contributed by atoms with Crippen molar-refractivity contribution in [1.82, 2.24) is 0 Å². The molecule has 1 saturated heterocycles. The van der Waals surface area contributed by atoms with Gasteiger partial charge in [0.25, 0.3) is 0 Å². The minimum atomic E-state index is -1.51. The van der Waals surface area contributed by atoms with Crippen LogP contribution in [0.5, 0.6) is 0 Å². The Morgan fingerprint density at radius 2 is 1.78 bits per heavy atom. The zero-order valence-electron chi connectivity index (χ0n) is 12.6. The highest BCUT2D eigenvalue weighted by molar-refractivity contribution is 5.21. The smallest absolute Gasteiger partial charge is 0.208 e. The van der Waals surface area contributed by atoms with Crippen molar-refractivity contribution in [2.45, 2.75) is 50.0 Å². The van der Waals surface area contributed by atoms with E-state index in [1.807, 2.05) is 6.92 Å². The van der Waals surface area contributed by atoms with Gasteiger partial charge in [0.05, 0.1) is 19.0 Å². The summed E-state index contributed by atoms with van der Waals surface area (Å²) in [4.78, 5) is 0. The van der Waals surface area contributed by atoms with Gasteiger partial charge in [0.2, 0.25) is 6.29 Å². The molecular weight excluding hydrogens is 308 g/mol. The molecule has 0 saturated carbocycles. The molecule has 130 valence electrons. The lowest BCUT2D eigenvalue weighted by Crippen LogP contribution is -2.60. The van der Waals surface area contributed by atoms with Crippen LogP contribution in [0.25, 0.3) is 0 Å². The summed E-state index contributed by atoms with van der Waals surface area (Å²) in [5.74, 6) is -0.444. The second kappa shape index (κ2) is 6.48. The number of aliphatic hydroxyl groups excluding tert-OH is 5. The van der Waals surface area contributed by atoms with E-state index in [0.29, 0.717) is 0 Å². The molecule has 3 rings (SSSR count). The van der Waals surface area contributed by atoms with E-state index < -0.39 is 49.7 Å². The Hall–Kier alpha value is -1.00. The summed E-state index contributed by atoms with van der Waals surface area (Å²) in [7, 11) is 0. The first-order valence-corrected chi connectivity index (χ1v) is 7.58. The Morgan fingerprint density at radius 3 is 2.48 bits per heavy atom. The average Bonchev–Trinajstić information content (AvgIpc) is 2.93. The van der Waals surface area contributed by atoms with E-state index in [4.69, 9.17) is 14.2 Å². The number of hydrogen-bond donors (Lipinski definition) is 5. The normalized spacial score (nSPS) is 49.5. The van der Waals surface area contributed by atoms with Crippen molar-refractivity contribution in [3.8, 4) is 0 Å². The minimum absolute atomic E-state index is 0.182. The topological polar surface area (TPSA) is 129 Å². The van der Waals surface area contributed by atoms with Crippen LogP contribution in [0, 0.1) is 11.8 Å². The van der Waals surface area contributed by atoms with Gasteiger partial charge in [0.15, 0.2) is 6.29 Å². The Balaban J connectivity index is 1.72.